The molecule has 1 aliphatic rings. The average Bonchev–Trinajstić information content (AvgIpc) is 2.97. The molecule has 1 fully saturated rings. The first-order valence-corrected chi connectivity index (χ1v) is 9.69. The molecule has 154 valence electrons. The van der Waals surface area contributed by atoms with Crippen LogP contribution in [0.15, 0.2) is 53.3 Å². The second-order valence-corrected chi connectivity index (χ2v) is 7.42. The van der Waals surface area contributed by atoms with E-state index in [4.69, 9.17) is 11.8 Å². The van der Waals surface area contributed by atoms with E-state index in [1.54, 1.807) is 16.7 Å². The summed E-state index contributed by atoms with van der Waals surface area (Å²) in [7, 11) is 0. The third-order valence-electron chi connectivity index (χ3n) is 5.33. The van der Waals surface area contributed by atoms with Gasteiger partial charge in [-0.2, -0.15) is 13.2 Å². The Hall–Kier alpha value is -2.45. The maximum Gasteiger partial charge on any atom is 0.416 e. The summed E-state index contributed by atoms with van der Waals surface area (Å²) in [5.74, 6) is 0. The number of imidazole rings is 1. The highest BCUT2D eigenvalue weighted by atomic mass is 35.5. The second kappa shape index (κ2) is 7.76. The Kier molecular flexibility index (Phi) is 5.31. The van der Waals surface area contributed by atoms with Gasteiger partial charge in [-0.05, 0) is 30.3 Å². The van der Waals surface area contributed by atoms with Crippen LogP contribution in [0.3, 0.4) is 0 Å². The van der Waals surface area contributed by atoms with Crippen LogP contribution in [0.25, 0.3) is 11.0 Å². The van der Waals surface area contributed by atoms with Gasteiger partial charge in [0.2, 0.25) is 0 Å². The van der Waals surface area contributed by atoms with Gasteiger partial charge < -0.3 is 4.90 Å². The summed E-state index contributed by atoms with van der Waals surface area (Å²) in [6, 6.07) is 12.8. The minimum atomic E-state index is -4.34. The first kappa shape index (κ1) is 19.8. The molecule has 0 N–H and O–H groups in total. The number of benzene rings is 2. The lowest BCUT2D eigenvalue weighted by atomic mass is 10.1. The largest absolute Gasteiger partial charge is 0.416 e. The number of fused-ring (bicyclic) bond motifs is 1. The molecule has 2 heterocycles. The Labute approximate surface area is 170 Å². The summed E-state index contributed by atoms with van der Waals surface area (Å²) >= 11 is 6.08. The first-order chi connectivity index (χ1) is 13.8. The van der Waals surface area contributed by atoms with Crippen molar-refractivity contribution in [2.45, 2.75) is 12.7 Å². The summed E-state index contributed by atoms with van der Waals surface area (Å²) in [6.45, 7) is 3.86. The van der Waals surface area contributed by atoms with E-state index in [0.29, 0.717) is 50.5 Å². The Bertz CT molecular complexity index is 1070. The zero-order chi connectivity index (χ0) is 20.6. The molecule has 1 aromatic heterocycles. The van der Waals surface area contributed by atoms with E-state index in [9.17, 15) is 18.0 Å². The second-order valence-electron chi connectivity index (χ2n) is 7.08. The molecule has 9 heteroatoms. The minimum absolute atomic E-state index is 0.268. The molecule has 3 aromatic rings. The summed E-state index contributed by atoms with van der Waals surface area (Å²) in [5.41, 5.74) is 1.15. The molecular weight excluding hydrogens is 405 g/mol. The highest BCUT2D eigenvalue weighted by Crippen LogP contribution is 2.31. The molecule has 0 amide bonds. The Morgan fingerprint density at radius 2 is 1.59 bits per heavy atom. The van der Waals surface area contributed by atoms with Crippen molar-refractivity contribution in [2.75, 3.05) is 37.6 Å². The van der Waals surface area contributed by atoms with Crippen molar-refractivity contribution in [3.8, 4) is 0 Å². The third kappa shape index (κ3) is 4.00. The van der Waals surface area contributed by atoms with Crippen LogP contribution in [0.4, 0.5) is 18.9 Å². The molecule has 0 spiro atoms. The number of hydrogen-bond acceptors (Lipinski definition) is 3. The highest BCUT2D eigenvalue weighted by molar-refractivity contribution is 6.18. The van der Waals surface area contributed by atoms with Crippen molar-refractivity contribution in [1.29, 1.82) is 0 Å². The number of para-hydroxylation sites is 2. The van der Waals surface area contributed by atoms with E-state index < -0.39 is 11.7 Å². The third-order valence-corrected chi connectivity index (χ3v) is 5.66. The fourth-order valence-corrected chi connectivity index (χ4v) is 3.97. The number of rotatable bonds is 4. The topological polar surface area (TPSA) is 33.4 Å². The molecule has 0 radical (unpaired) electrons. The summed E-state index contributed by atoms with van der Waals surface area (Å²) in [6.07, 6.45) is -4.34. The van der Waals surface area contributed by atoms with Gasteiger partial charge in [-0.1, -0.05) is 18.2 Å². The van der Waals surface area contributed by atoms with Crippen molar-refractivity contribution in [3.05, 3.63) is 64.6 Å². The predicted octanol–water partition coefficient (Wildman–Crippen LogP) is 3.65. The molecule has 0 saturated carbocycles. The van der Waals surface area contributed by atoms with Crippen LogP contribution in [0.5, 0.6) is 0 Å². The van der Waals surface area contributed by atoms with Crippen LogP contribution < -0.4 is 10.6 Å². The molecule has 29 heavy (non-hydrogen) atoms. The number of aromatic nitrogens is 2. The van der Waals surface area contributed by atoms with E-state index >= 15 is 0 Å². The number of hydrogen-bond donors (Lipinski definition) is 0. The van der Waals surface area contributed by atoms with Crippen LogP contribution in [-0.2, 0) is 12.7 Å². The lowest BCUT2D eigenvalue weighted by Gasteiger charge is -2.36. The quantitative estimate of drug-likeness (QED) is 0.641. The molecule has 1 saturated heterocycles. The van der Waals surface area contributed by atoms with E-state index in [0.717, 1.165) is 15.7 Å². The van der Waals surface area contributed by atoms with Crippen molar-refractivity contribution in [2.24, 2.45) is 0 Å². The maximum absolute atomic E-state index is 12.9. The predicted molar refractivity (Wildman–Crippen MR) is 108 cm³/mol. The molecule has 4 rings (SSSR count). The van der Waals surface area contributed by atoms with Gasteiger partial charge in [0, 0.05) is 56.7 Å². The summed E-state index contributed by atoms with van der Waals surface area (Å²) in [4.78, 5) is 16.6. The molecule has 1 aliphatic heterocycles. The molecule has 0 aliphatic carbocycles. The van der Waals surface area contributed by atoms with Gasteiger partial charge in [0.05, 0.1) is 16.6 Å². The van der Waals surface area contributed by atoms with Gasteiger partial charge in [-0.25, -0.2) is 8.88 Å². The first-order valence-electron chi connectivity index (χ1n) is 9.35. The number of anilines is 1. The number of halogens is 4. The number of piperazine rings is 1. The molecular formula is C20H20ClF3N4O. The fourth-order valence-electron chi connectivity index (χ4n) is 3.74. The average molecular weight is 425 g/mol. The van der Waals surface area contributed by atoms with Crippen molar-refractivity contribution in [1.82, 2.24) is 13.6 Å². The molecule has 0 atom stereocenters. The number of alkyl halides is 3. The van der Waals surface area contributed by atoms with Crippen LogP contribution in [-0.4, -0.2) is 46.3 Å². The summed E-state index contributed by atoms with van der Waals surface area (Å²) < 4.78 is 41.6. The minimum Gasteiger partial charge on any atom is -0.369 e. The Morgan fingerprint density at radius 1 is 0.897 bits per heavy atom. The van der Waals surface area contributed by atoms with Gasteiger partial charge >= 0.3 is 11.9 Å². The van der Waals surface area contributed by atoms with Gasteiger partial charge in [0.25, 0.3) is 0 Å². The van der Waals surface area contributed by atoms with Crippen LogP contribution in [0, 0.1) is 0 Å². The van der Waals surface area contributed by atoms with Gasteiger partial charge in [-0.15, -0.1) is 0 Å². The van der Waals surface area contributed by atoms with E-state index in [2.05, 4.69) is 4.90 Å². The van der Waals surface area contributed by atoms with E-state index in [1.165, 1.54) is 12.1 Å². The molecule has 0 bridgehead atoms. The standard InChI is InChI=1S/C20H20ClF3N4O/c21-28-18-7-2-1-6-17(18)27(19(28)29)13-10-25-8-11-26(12-9-25)16-5-3-4-15(14-16)20(22,23)24/h1-7,14H,8-13H2. The normalized spacial score (nSPS) is 15.9. The van der Waals surface area contributed by atoms with Crippen LogP contribution in [0.1, 0.15) is 5.56 Å². The monoisotopic (exact) mass is 424 g/mol. The highest BCUT2D eigenvalue weighted by Gasteiger charge is 2.31. The van der Waals surface area contributed by atoms with Crippen LogP contribution >= 0.6 is 11.8 Å². The molecule has 5 nitrogen and oxygen atoms in total. The Morgan fingerprint density at radius 3 is 2.28 bits per heavy atom. The lowest BCUT2D eigenvalue weighted by Crippen LogP contribution is -2.47. The van der Waals surface area contributed by atoms with Crippen molar-refractivity contribution in [3.63, 3.8) is 0 Å². The number of nitrogens with zero attached hydrogens (tertiary/aromatic N) is 4. The van der Waals surface area contributed by atoms with Gasteiger partial charge in [0.15, 0.2) is 0 Å². The zero-order valence-corrected chi connectivity index (χ0v) is 16.3. The van der Waals surface area contributed by atoms with Crippen LogP contribution in [0.2, 0.25) is 0 Å². The summed E-state index contributed by atoms with van der Waals surface area (Å²) in [5, 5.41) is 0. The molecule has 2 aromatic carbocycles. The fraction of sp³-hybridized carbons (Fsp3) is 0.350. The van der Waals surface area contributed by atoms with Crippen molar-refractivity contribution < 1.29 is 13.2 Å². The van der Waals surface area contributed by atoms with Gasteiger partial charge in [-0.3, -0.25) is 9.47 Å². The SMILES string of the molecule is O=c1n(Cl)c2ccccc2n1CCN1CCN(c2cccc(C(F)(F)F)c2)CC1. The van der Waals surface area contributed by atoms with Gasteiger partial charge in [0.1, 0.15) is 0 Å². The van der Waals surface area contributed by atoms with Crippen molar-refractivity contribution >= 4 is 28.5 Å². The van der Waals surface area contributed by atoms with E-state index in [-0.39, 0.29) is 5.69 Å². The molecule has 0 unspecified atom stereocenters. The smallest absolute Gasteiger partial charge is 0.369 e. The van der Waals surface area contributed by atoms with E-state index in [1.807, 2.05) is 23.1 Å². The maximum atomic E-state index is 12.9. The zero-order valence-electron chi connectivity index (χ0n) is 15.6. The lowest BCUT2D eigenvalue weighted by molar-refractivity contribution is -0.137. The Balaban J connectivity index is 1.39.